The number of fused-ring (bicyclic) bond motifs is 25. The summed E-state index contributed by atoms with van der Waals surface area (Å²) in [5.41, 5.74) is 8.47. The number of allylic oxidation sites excluding steroid dienone is 5. The summed E-state index contributed by atoms with van der Waals surface area (Å²) in [6, 6.07) is 7.96. The summed E-state index contributed by atoms with van der Waals surface area (Å²) in [5.74, 6) is 19.8. The average molecular weight is 2050 g/mol. The van der Waals surface area contributed by atoms with E-state index >= 15 is 4.39 Å². The summed E-state index contributed by atoms with van der Waals surface area (Å²) in [7, 11) is 1.78. The normalized spacial score (nSPS) is 47.6. The lowest BCUT2D eigenvalue weighted by Gasteiger charge is -2.58. The Morgan fingerprint density at radius 1 is 0.365 bits per heavy atom. The van der Waals surface area contributed by atoms with E-state index in [1.54, 1.807) is 19.4 Å². The first kappa shape index (κ1) is 109. The third-order valence-electron chi connectivity index (χ3n) is 49.4. The van der Waals surface area contributed by atoms with Crippen LogP contribution in [-0.4, -0.2) is 138 Å². The smallest absolute Gasteiger partial charge is 0.266 e. The fourth-order valence-corrected chi connectivity index (χ4v) is 42.4. The number of aliphatic imine (C=N–C) groups is 1. The van der Waals surface area contributed by atoms with Gasteiger partial charge in [-0.25, -0.2) is 22.0 Å². The van der Waals surface area contributed by atoms with Crippen molar-refractivity contribution in [2.45, 2.75) is 411 Å². The first-order valence-electron chi connectivity index (χ1n) is 60.0. The van der Waals surface area contributed by atoms with Crippen molar-refractivity contribution in [2.24, 2.45) is 221 Å². The zero-order valence-corrected chi connectivity index (χ0v) is 92.3. The molecule has 4 aromatic heterocycles. The number of rotatable bonds is 19. The van der Waals surface area contributed by atoms with E-state index in [1.165, 1.54) is 195 Å². The van der Waals surface area contributed by atoms with Crippen LogP contribution in [0.3, 0.4) is 0 Å². The number of hydrogen-bond donors (Lipinski definition) is 6. The Morgan fingerprint density at radius 2 is 0.676 bits per heavy atom. The highest BCUT2D eigenvalue weighted by Crippen LogP contribution is 2.74. The van der Waals surface area contributed by atoms with Crippen molar-refractivity contribution in [2.75, 3.05) is 13.7 Å². The molecular weight excluding hydrogens is 1860 g/mol. The van der Waals surface area contributed by atoms with Crippen LogP contribution < -0.4 is 5.73 Å². The van der Waals surface area contributed by atoms with E-state index in [1.807, 2.05) is 94.0 Å². The molecule has 0 radical (unpaired) electrons. The molecule has 16 nitrogen and oxygen atoms in total. The van der Waals surface area contributed by atoms with Crippen molar-refractivity contribution in [3.8, 4) is 0 Å². The molecule has 21 heteroatoms. The monoisotopic (exact) mass is 2050 g/mol. The molecule has 0 unspecified atom stereocenters. The molecule has 0 aliphatic heterocycles. The van der Waals surface area contributed by atoms with E-state index in [-0.39, 0.29) is 42.1 Å². The summed E-state index contributed by atoms with van der Waals surface area (Å²) < 4.78 is 82.8. The fourth-order valence-electron chi connectivity index (χ4n) is 42.4. The highest BCUT2D eigenvalue weighted by atomic mass is 19.3. The number of nitrogens with two attached hydrogens (primary N) is 1. The Bertz CT molecular complexity index is 5250. The molecule has 0 amide bonds. The van der Waals surface area contributed by atoms with Crippen molar-refractivity contribution in [1.29, 1.82) is 0 Å². The van der Waals surface area contributed by atoms with Crippen molar-refractivity contribution < 1.29 is 52.2 Å². The number of nitrogens with zero attached hydrogens (tertiary/aromatic N) is 9. The lowest BCUT2D eigenvalue weighted by atomic mass is 9.48. The molecule has 20 fully saturated rings. The summed E-state index contributed by atoms with van der Waals surface area (Å²) in [4.78, 5) is 4.46. The van der Waals surface area contributed by atoms with Gasteiger partial charge >= 0.3 is 0 Å². The Kier molecular flexibility index (Phi) is 31.6. The van der Waals surface area contributed by atoms with E-state index in [0.717, 1.165) is 168 Å². The maximum absolute atomic E-state index is 15.4. The van der Waals surface area contributed by atoms with Crippen LogP contribution >= 0.6 is 0 Å². The Labute approximate surface area is 885 Å². The van der Waals surface area contributed by atoms with Crippen LogP contribution in [-0.2, 0) is 30.9 Å². The van der Waals surface area contributed by atoms with Gasteiger partial charge in [0.05, 0.1) is 55.6 Å². The van der Waals surface area contributed by atoms with E-state index in [0.29, 0.717) is 148 Å². The second-order valence-corrected chi connectivity index (χ2v) is 56.4. The summed E-state index contributed by atoms with van der Waals surface area (Å²) in [6.07, 6.45) is 60.1. The molecule has 7 N–H and O–H groups in total. The van der Waals surface area contributed by atoms with Gasteiger partial charge in [-0.15, -0.1) is 0 Å². The van der Waals surface area contributed by atoms with Crippen LogP contribution in [0.4, 0.5) is 22.0 Å². The molecule has 24 rings (SSSR count). The zero-order chi connectivity index (χ0) is 104. The molecule has 43 atom stereocenters. The third kappa shape index (κ3) is 20.5. The van der Waals surface area contributed by atoms with Crippen molar-refractivity contribution in [1.82, 2.24) is 39.1 Å². The van der Waals surface area contributed by atoms with Gasteiger partial charge in [0, 0.05) is 62.9 Å². The summed E-state index contributed by atoms with van der Waals surface area (Å²) in [5, 5.41) is 70.7. The highest BCUT2D eigenvalue weighted by molar-refractivity contribution is 5.70. The van der Waals surface area contributed by atoms with Gasteiger partial charge < -0.3 is 36.0 Å². The van der Waals surface area contributed by atoms with Crippen LogP contribution in [0.15, 0.2) is 152 Å². The highest BCUT2D eigenvalue weighted by Gasteiger charge is 2.67. The molecule has 0 spiro atoms. The number of ether oxygens (including phenoxy) is 1. The van der Waals surface area contributed by atoms with Crippen molar-refractivity contribution in [3.05, 3.63) is 147 Å². The van der Waals surface area contributed by atoms with Crippen LogP contribution in [0.5, 0.6) is 0 Å². The van der Waals surface area contributed by atoms with Gasteiger partial charge in [0.2, 0.25) is 0 Å². The quantitative estimate of drug-likeness (QED) is 0.0295. The maximum Gasteiger partial charge on any atom is 0.266 e. The predicted octanol–water partition coefficient (Wildman–Crippen LogP) is 27.3. The minimum Gasteiger partial charge on any atom is -0.405 e. The number of halogens is 5. The van der Waals surface area contributed by atoms with E-state index in [9.17, 15) is 43.1 Å². The number of methoxy groups -OCH3 is 1. The van der Waals surface area contributed by atoms with Crippen LogP contribution in [0.1, 0.15) is 332 Å². The van der Waals surface area contributed by atoms with Gasteiger partial charge in [-0.1, -0.05) is 102 Å². The van der Waals surface area contributed by atoms with Crippen LogP contribution in [0, 0.1) is 211 Å². The molecule has 20 saturated carbocycles. The van der Waals surface area contributed by atoms with Gasteiger partial charge in [-0.05, 0) is 538 Å². The predicted molar refractivity (Wildman–Crippen MR) is 579 cm³/mol. The van der Waals surface area contributed by atoms with Crippen LogP contribution in [0.2, 0.25) is 0 Å². The van der Waals surface area contributed by atoms with Crippen LogP contribution in [0.25, 0.3) is 0 Å². The fraction of sp³-hybridized carbons (Fsp3) is 0.803. The number of alkyl halides is 5. The Morgan fingerprint density at radius 3 is 1.02 bits per heavy atom. The lowest BCUT2D eigenvalue weighted by Crippen LogP contribution is -2.55. The number of hydrogen-bond acceptors (Lipinski definition) is 12. The first-order valence-corrected chi connectivity index (χ1v) is 60.0. The summed E-state index contributed by atoms with van der Waals surface area (Å²) in [6.45, 7) is 47.4. The third-order valence-corrected chi connectivity index (χ3v) is 49.4. The Hall–Kier alpha value is -5.84. The number of aliphatic hydroxyl groups is 5. The SMILES string of the molecule is C=C(CN=CC=CN)[C@H]1CC[C@H]2[C@@H]3CC[C@H]4C[C@@](O)(C(F)F)CC[C@@H]4[C@H]3CC[C@]12C.C=C(Cn1cccn1)[C@H]1CC[C@H]2[C@@H]3CC[C@@H]4C[C@@](O)(C(F)F)CC[C@@H]4[C@H]3CC[C@]12C.C=C(Cn1cccn1)[C@H]1CC[C@H]2[C@@H]3CC[C@H]4C[C@](C)(O)[C@@H](OC)C[C@@H]4[C@H]3CC[C@]12C.C=C(Cn1cccn1)[C@H]1CC[C@H]2[C@@H]3CC[C@H]4C[C@](C)(O)[C@H](C)C[C@@H]4[C@H]3CC[C@]12C.C=C(Cn1cccn1)[C@H]1CC[C@H]2[C@@H]3C[C@@H](F)[C@@H]4C[C@](C)(O)CC[C@@H]4[C@H]3CC[C@]12C. The standard InChI is InChI=1S/C26H40N2O2.C26H40N2O.C25H36F2N2O.C25H38F2N2O.C25H37FN2O/c1-17(16-28-13-5-12-27-28)22-8-9-23-20-7-6-18-15-26(3,29)24(30-4)14-21(18)19(20)10-11-25(22,23)2;1-17(16-28-13-5-12-27-28)23-8-9-24-21-7-6-19-15-26(4,29)18(2)14-22(19)20(21)10-11-25(23,24)3;1-16(15-29-13-3-12-28-29)21-6-7-22-20-5-4-17-14-25(30,23(26)27)11-9-18(17)19(20)8-10-24(21,22)2;1-16(15-29-13-3-12-28)21-6-7-22-20-5-4-17-14-25(30,23(26)27)11-9-18(17)19(20)8-10-24(21,22)2;1-16(15-28-12-4-11-27-28)21-5-6-22-19-13-23(26)20-14-24(2,29)9-7-18(20)17(19)8-10-25(21,22)3/h5,12-13,18-24,29H,1,6-11,14-16H2,2-4H3;5,12-13,18-24,29H,1,6-11,14-16H2,2-4H3;3,12-13,17-23,30H,1,4-11,14-15H2,2H3;3,12-13,17-23,30H,1,4-11,14-15,28H2,2H3;4,11-12,17-23,29H,1,5-10,13-15H2,2-3H3/t18-,19-,20+,21-,22+,23-,24-,25+,26-;18-,19+,20+,21-,22+,23-,24+,25-,26+;17-,18+,19-,20-,21-,22+,24-,25-;17-,18-,19+,20+,21+,22-,24+,25+;17-,18-,19-,20-,21-,22+,23-,24-,25-/m01101/s1. The maximum atomic E-state index is 15.4. The molecule has 148 heavy (non-hydrogen) atoms. The van der Waals surface area contributed by atoms with E-state index in [4.69, 9.17) is 10.5 Å². The summed E-state index contributed by atoms with van der Waals surface area (Å²) >= 11 is 0. The van der Waals surface area contributed by atoms with Gasteiger partial charge in [0.25, 0.3) is 12.9 Å². The molecule has 20 aliphatic rings. The van der Waals surface area contributed by atoms with Gasteiger partial charge in [-0.3, -0.25) is 23.7 Å². The Balaban J connectivity index is 0.000000112. The van der Waals surface area contributed by atoms with E-state index in [2.05, 4.69) is 119 Å². The average Bonchev–Trinajstić information content (AvgIpc) is 1.55. The molecule has 4 heterocycles. The zero-order valence-electron chi connectivity index (χ0n) is 92.3. The molecule has 0 saturated heterocycles. The number of aromatic nitrogens is 8. The minimum absolute atomic E-state index is 0.00372. The van der Waals surface area contributed by atoms with Crippen molar-refractivity contribution >= 4 is 6.21 Å². The topological polar surface area (TPSA) is 220 Å². The second-order valence-electron chi connectivity index (χ2n) is 56.4. The largest absolute Gasteiger partial charge is 0.405 e. The molecule has 0 bridgehead atoms. The van der Waals surface area contributed by atoms with Crippen molar-refractivity contribution in [3.63, 3.8) is 0 Å². The van der Waals surface area contributed by atoms with E-state index < -0.39 is 47.0 Å². The lowest BCUT2D eigenvalue weighted by molar-refractivity contribution is -0.163. The van der Waals surface area contributed by atoms with Gasteiger partial charge in [0.1, 0.15) is 17.4 Å². The molecule has 20 aliphatic carbocycles. The molecule has 820 valence electrons. The van der Waals surface area contributed by atoms with Gasteiger partial charge in [-0.2, -0.15) is 20.4 Å². The molecular formula is C127H191F5N10O6. The minimum atomic E-state index is -2.62. The second kappa shape index (κ2) is 42.9. The van der Waals surface area contributed by atoms with Gasteiger partial charge in [0.15, 0.2) is 0 Å². The molecule has 0 aromatic carbocycles. The molecule has 4 aromatic rings. The first-order chi connectivity index (χ1) is 70.5.